The molecule has 32 heavy (non-hydrogen) atoms. The first kappa shape index (κ1) is 21.0. The molecule has 2 fully saturated rings. The number of nitrogens with zero attached hydrogens (tertiary/aromatic N) is 1. The molecule has 0 atom stereocenters. The van der Waals surface area contributed by atoms with Crippen LogP contribution in [0.15, 0.2) is 48.7 Å². The van der Waals surface area contributed by atoms with E-state index in [1.54, 1.807) is 37.6 Å². The Balaban J connectivity index is 1.35. The third-order valence-corrected chi connectivity index (χ3v) is 6.13. The first-order valence-corrected chi connectivity index (χ1v) is 11.0. The van der Waals surface area contributed by atoms with Crippen molar-refractivity contribution < 1.29 is 23.3 Å². The van der Waals surface area contributed by atoms with Gasteiger partial charge >= 0.3 is 0 Å². The van der Waals surface area contributed by atoms with Crippen LogP contribution in [0, 0.1) is 5.82 Å². The van der Waals surface area contributed by atoms with Crippen LogP contribution in [0.2, 0.25) is 0 Å². The van der Waals surface area contributed by atoms with E-state index in [4.69, 9.17) is 18.9 Å². The molecule has 5 rings (SSSR count). The molecule has 0 amide bonds. The van der Waals surface area contributed by atoms with Crippen molar-refractivity contribution in [1.29, 1.82) is 0 Å². The SMILES string of the molecule is COc1cc2c(Oc3ccccc3F)ccnc2cc1OCC1(NC2CCOCC2)CC1. The lowest BCUT2D eigenvalue weighted by atomic mass is 10.1. The first-order chi connectivity index (χ1) is 15.7. The zero-order chi connectivity index (χ0) is 22.0. The van der Waals surface area contributed by atoms with Crippen molar-refractivity contribution in [3.05, 3.63) is 54.5 Å². The Morgan fingerprint density at radius 1 is 1.06 bits per heavy atom. The summed E-state index contributed by atoms with van der Waals surface area (Å²) in [4.78, 5) is 4.46. The molecule has 1 saturated heterocycles. The van der Waals surface area contributed by atoms with E-state index in [2.05, 4.69) is 10.3 Å². The number of fused-ring (bicyclic) bond motifs is 1. The van der Waals surface area contributed by atoms with E-state index in [1.807, 2.05) is 12.1 Å². The van der Waals surface area contributed by atoms with E-state index < -0.39 is 5.82 Å². The molecule has 2 aromatic carbocycles. The van der Waals surface area contributed by atoms with Gasteiger partial charge in [0.15, 0.2) is 23.1 Å². The third-order valence-electron chi connectivity index (χ3n) is 6.13. The second-order valence-electron chi connectivity index (χ2n) is 8.46. The minimum Gasteiger partial charge on any atom is -0.493 e. The van der Waals surface area contributed by atoms with Crippen LogP contribution in [-0.4, -0.2) is 43.5 Å². The topological polar surface area (TPSA) is 61.8 Å². The fourth-order valence-corrected chi connectivity index (χ4v) is 4.11. The Kier molecular flexibility index (Phi) is 5.85. The summed E-state index contributed by atoms with van der Waals surface area (Å²) in [6, 6.07) is 12.2. The lowest BCUT2D eigenvalue weighted by Gasteiger charge is -2.28. The van der Waals surface area contributed by atoms with Gasteiger partial charge in [0.05, 0.1) is 18.2 Å². The van der Waals surface area contributed by atoms with Crippen molar-refractivity contribution in [2.45, 2.75) is 37.3 Å². The van der Waals surface area contributed by atoms with Crippen LogP contribution in [0.25, 0.3) is 10.9 Å². The Bertz CT molecular complexity index is 1100. The highest BCUT2D eigenvalue weighted by Crippen LogP contribution is 2.41. The van der Waals surface area contributed by atoms with Crippen molar-refractivity contribution in [1.82, 2.24) is 10.3 Å². The number of hydrogen-bond donors (Lipinski definition) is 1. The fraction of sp³-hybridized carbons (Fsp3) is 0.400. The maximum Gasteiger partial charge on any atom is 0.165 e. The summed E-state index contributed by atoms with van der Waals surface area (Å²) in [5.41, 5.74) is 0.711. The zero-order valence-electron chi connectivity index (χ0n) is 18.1. The van der Waals surface area contributed by atoms with Crippen molar-refractivity contribution in [2.75, 3.05) is 26.9 Å². The monoisotopic (exact) mass is 438 g/mol. The normalized spacial score (nSPS) is 17.8. The molecule has 168 valence electrons. The largest absolute Gasteiger partial charge is 0.493 e. The number of benzene rings is 2. The van der Waals surface area contributed by atoms with Gasteiger partial charge in [-0.1, -0.05) is 12.1 Å². The number of para-hydroxylation sites is 1. The predicted octanol–water partition coefficient (Wildman–Crippen LogP) is 4.85. The number of pyridine rings is 1. The Hall–Kier alpha value is -2.90. The van der Waals surface area contributed by atoms with Crippen LogP contribution in [0.5, 0.6) is 23.0 Å². The number of ether oxygens (including phenoxy) is 4. The van der Waals surface area contributed by atoms with E-state index in [9.17, 15) is 4.39 Å². The molecule has 1 aliphatic heterocycles. The fourth-order valence-electron chi connectivity index (χ4n) is 4.11. The molecule has 2 aliphatic rings. The van der Waals surface area contributed by atoms with E-state index in [0.29, 0.717) is 35.4 Å². The van der Waals surface area contributed by atoms with Crippen LogP contribution in [0.1, 0.15) is 25.7 Å². The smallest absolute Gasteiger partial charge is 0.165 e. The molecule has 0 unspecified atom stereocenters. The average Bonchev–Trinajstić information content (AvgIpc) is 3.59. The van der Waals surface area contributed by atoms with Crippen LogP contribution in [0.3, 0.4) is 0 Å². The van der Waals surface area contributed by atoms with E-state index in [0.717, 1.165) is 44.3 Å². The second-order valence-corrected chi connectivity index (χ2v) is 8.46. The van der Waals surface area contributed by atoms with Crippen LogP contribution >= 0.6 is 0 Å². The highest BCUT2D eigenvalue weighted by atomic mass is 19.1. The summed E-state index contributed by atoms with van der Waals surface area (Å²) < 4.78 is 37.2. The zero-order valence-corrected chi connectivity index (χ0v) is 18.1. The number of rotatable bonds is 8. The van der Waals surface area contributed by atoms with Gasteiger partial charge in [0, 0.05) is 36.9 Å². The van der Waals surface area contributed by atoms with Gasteiger partial charge in [-0.15, -0.1) is 0 Å². The standard InChI is InChI=1S/C25H27FN2O4/c1-29-23-14-18-20(27-11-6-21(18)32-22-5-3-2-4-19(22)26)15-24(23)31-16-25(9-10-25)28-17-7-12-30-13-8-17/h2-6,11,14-15,17,28H,7-10,12-13,16H2,1H3. The lowest BCUT2D eigenvalue weighted by Crippen LogP contribution is -2.46. The molecule has 6 nitrogen and oxygen atoms in total. The molecule has 2 heterocycles. The predicted molar refractivity (Wildman–Crippen MR) is 119 cm³/mol. The molecule has 1 aliphatic carbocycles. The minimum atomic E-state index is -0.420. The summed E-state index contributed by atoms with van der Waals surface area (Å²) in [6.07, 6.45) is 5.91. The molecular weight excluding hydrogens is 411 g/mol. The molecule has 0 radical (unpaired) electrons. The number of halogens is 1. The van der Waals surface area contributed by atoms with Gasteiger partial charge in [-0.25, -0.2) is 4.39 Å². The number of methoxy groups -OCH3 is 1. The first-order valence-electron chi connectivity index (χ1n) is 11.0. The van der Waals surface area contributed by atoms with Gasteiger partial charge in [0.25, 0.3) is 0 Å². The van der Waals surface area contributed by atoms with Crippen molar-refractivity contribution in [3.63, 3.8) is 0 Å². The molecule has 0 bridgehead atoms. The summed E-state index contributed by atoms with van der Waals surface area (Å²) in [5, 5.41) is 4.50. The van der Waals surface area contributed by atoms with Crippen LogP contribution in [0.4, 0.5) is 4.39 Å². The van der Waals surface area contributed by atoms with E-state index >= 15 is 0 Å². The lowest BCUT2D eigenvalue weighted by molar-refractivity contribution is 0.0706. The second kappa shape index (κ2) is 8.92. The number of hydrogen-bond acceptors (Lipinski definition) is 6. The average molecular weight is 438 g/mol. The van der Waals surface area contributed by atoms with Crippen LogP contribution < -0.4 is 19.5 Å². The molecule has 7 heteroatoms. The summed E-state index contributed by atoms with van der Waals surface area (Å²) >= 11 is 0. The molecular formula is C25H27FN2O4. The van der Waals surface area contributed by atoms with E-state index in [1.165, 1.54) is 6.07 Å². The quantitative estimate of drug-likeness (QED) is 0.542. The molecule has 1 saturated carbocycles. The Morgan fingerprint density at radius 2 is 1.88 bits per heavy atom. The van der Waals surface area contributed by atoms with Crippen molar-refractivity contribution in [3.8, 4) is 23.0 Å². The summed E-state index contributed by atoms with van der Waals surface area (Å²) in [7, 11) is 1.61. The molecule has 1 N–H and O–H groups in total. The van der Waals surface area contributed by atoms with Gasteiger partial charge in [0.1, 0.15) is 12.4 Å². The summed E-state index contributed by atoms with van der Waals surface area (Å²) in [5.74, 6) is 1.47. The van der Waals surface area contributed by atoms with Gasteiger partial charge in [0.2, 0.25) is 0 Å². The minimum absolute atomic E-state index is 0.0190. The maximum absolute atomic E-state index is 14.1. The summed E-state index contributed by atoms with van der Waals surface area (Å²) in [6.45, 7) is 2.20. The molecule has 1 aromatic heterocycles. The maximum atomic E-state index is 14.1. The van der Waals surface area contributed by atoms with E-state index in [-0.39, 0.29) is 11.3 Å². The van der Waals surface area contributed by atoms with Crippen molar-refractivity contribution >= 4 is 10.9 Å². The third kappa shape index (κ3) is 4.49. The van der Waals surface area contributed by atoms with Crippen LogP contribution in [-0.2, 0) is 4.74 Å². The molecule has 3 aromatic rings. The van der Waals surface area contributed by atoms with Crippen molar-refractivity contribution in [2.24, 2.45) is 0 Å². The number of aromatic nitrogens is 1. The number of nitrogens with one attached hydrogen (secondary N) is 1. The van der Waals surface area contributed by atoms with Gasteiger partial charge in [-0.3, -0.25) is 4.98 Å². The highest BCUT2D eigenvalue weighted by molar-refractivity contribution is 5.88. The van der Waals surface area contributed by atoms with Gasteiger partial charge < -0.3 is 24.3 Å². The Morgan fingerprint density at radius 3 is 2.62 bits per heavy atom. The Labute approximate surface area is 186 Å². The molecule has 0 spiro atoms. The van der Waals surface area contributed by atoms with Gasteiger partial charge in [-0.2, -0.15) is 0 Å². The highest BCUT2D eigenvalue weighted by Gasteiger charge is 2.45. The van der Waals surface area contributed by atoms with Gasteiger partial charge in [-0.05, 0) is 49.9 Å².